The Kier molecular flexibility index (Phi) is 6.58. The van der Waals surface area contributed by atoms with E-state index in [0.717, 1.165) is 56.9 Å². The monoisotopic (exact) mass is 429 g/mol. The number of piperazine rings is 1. The number of nitrogens with one attached hydrogen (secondary N) is 1. The molecule has 0 unspecified atom stereocenters. The molecule has 154 valence electrons. The number of aryl methyl sites for hydroxylation is 1. The van der Waals surface area contributed by atoms with E-state index in [1.807, 2.05) is 29.9 Å². The predicted octanol–water partition coefficient (Wildman–Crippen LogP) is 2.71. The van der Waals surface area contributed by atoms with Gasteiger partial charge in [0, 0.05) is 49.5 Å². The van der Waals surface area contributed by atoms with E-state index in [1.54, 1.807) is 11.3 Å². The second kappa shape index (κ2) is 9.51. The maximum absolute atomic E-state index is 4.89. The summed E-state index contributed by atoms with van der Waals surface area (Å²) in [5.41, 5.74) is 0. The molecule has 7 nitrogen and oxygen atoms in total. The Morgan fingerprint density at radius 2 is 1.79 bits per heavy atom. The van der Waals surface area contributed by atoms with Gasteiger partial charge in [-0.2, -0.15) is 0 Å². The minimum absolute atomic E-state index is 0.527. The number of rotatable bonds is 6. The molecule has 0 bridgehead atoms. The molecule has 3 aromatic rings. The molecule has 4 rings (SSSR count). The van der Waals surface area contributed by atoms with Gasteiger partial charge in [0.05, 0.1) is 6.54 Å². The molecule has 1 N–H and O–H groups in total. The van der Waals surface area contributed by atoms with Crippen molar-refractivity contribution >= 4 is 28.6 Å². The SMILES string of the molecule is Cc1nnc(CN=C(NCc2cccs2)N2CCN(Cc3cccs3)CC2)n1C. The lowest BCUT2D eigenvalue weighted by Gasteiger charge is -2.36. The summed E-state index contributed by atoms with van der Waals surface area (Å²) in [7, 11) is 1.99. The van der Waals surface area contributed by atoms with Gasteiger partial charge in [0.25, 0.3) is 0 Å². The van der Waals surface area contributed by atoms with Crippen molar-refractivity contribution in [3.8, 4) is 0 Å². The lowest BCUT2D eigenvalue weighted by atomic mass is 10.3. The summed E-state index contributed by atoms with van der Waals surface area (Å²) >= 11 is 3.60. The highest BCUT2D eigenvalue weighted by Crippen LogP contribution is 2.14. The number of hydrogen-bond acceptors (Lipinski definition) is 6. The minimum Gasteiger partial charge on any atom is -0.351 e. The Labute approximate surface area is 179 Å². The first kappa shape index (κ1) is 20.1. The molecule has 0 radical (unpaired) electrons. The summed E-state index contributed by atoms with van der Waals surface area (Å²) in [6.45, 7) is 8.35. The fourth-order valence-electron chi connectivity index (χ4n) is 3.32. The van der Waals surface area contributed by atoms with Crippen LogP contribution in [0.3, 0.4) is 0 Å². The molecule has 0 aliphatic carbocycles. The predicted molar refractivity (Wildman–Crippen MR) is 119 cm³/mol. The molecule has 0 amide bonds. The van der Waals surface area contributed by atoms with Crippen molar-refractivity contribution in [3.05, 3.63) is 56.4 Å². The van der Waals surface area contributed by atoms with Gasteiger partial charge in [0.15, 0.2) is 11.8 Å². The van der Waals surface area contributed by atoms with Crippen LogP contribution in [-0.4, -0.2) is 56.7 Å². The zero-order valence-electron chi connectivity index (χ0n) is 16.9. The molecule has 4 heterocycles. The third-order valence-electron chi connectivity index (χ3n) is 5.19. The summed E-state index contributed by atoms with van der Waals surface area (Å²) in [6.07, 6.45) is 0. The van der Waals surface area contributed by atoms with Crippen molar-refractivity contribution in [1.29, 1.82) is 0 Å². The third kappa shape index (κ3) is 5.23. The van der Waals surface area contributed by atoms with Gasteiger partial charge >= 0.3 is 0 Å². The molecule has 1 aliphatic rings. The Morgan fingerprint density at radius 3 is 2.41 bits per heavy atom. The second-order valence-electron chi connectivity index (χ2n) is 7.14. The lowest BCUT2D eigenvalue weighted by molar-refractivity contribution is 0.173. The van der Waals surface area contributed by atoms with Crippen LogP contribution in [0.25, 0.3) is 0 Å². The standard InChI is InChI=1S/C20H27N7S2/c1-16-23-24-19(25(16)2)14-22-20(21-13-17-5-3-11-28-17)27-9-7-26(8-10-27)15-18-6-4-12-29-18/h3-6,11-12H,7-10,13-15H2,1-2H3,(H,21,22). The number of hydrogen-bond donors (Lipinski definition) is 1. The minimum atomic E-state index is 0.527. The van der Waals surface area contributed by atoms with Crippen LogP contribution in [0.2, 0.25) is 0 Å². The second-order valence-corrected chi connectivity index (χ2v) is 9.20. The van der Waals surface area contributed by atoms with E-state index < -0.39 is 0 Å². The highest BCUT2D eigenvalue weighted by atomic mass is 32.1. The molecule has 0 atom stereocenters. The number of aliphatic imine (C=N–C) groups is 1. The van der Waals surface area contributed by atoms with E-state index in [4.69, 9.17) is 4.99 Å². The van der Waals surface area contributed by atoms with Crippen LogP contribution in [0, 0.1) is 6.92 Å². The Bertz CT molecular complexity index is 907. The normalized spacial score (nSPS) is 15.8. The van der Waals surface area contributed by atoms with Crippen molar-refractivity contribution in [2.45, 2.75) is 26.6 Å². The highest BCUT2D eigenvalue weighted by Gasteiger charge is 2.20. The first-order chi connectivity index (χ1) is 14.2. The summed E-state index contributed by atoms with van der Waals surface area (Å²) < 4.78 is 2.00. The van der Waals surface area contributed by atoms with Crippen molar-refractivity contribution < 1.29 is 0 Å². The molecule has 1 saturated heterocycles. The summed E-state index contributed by atoms with van der Waals surface area (Å²) in [6, 6.07) is 8.59. The number of guanidine groups is 1. The average molecular weight is 430 g/mol. The van der Waals surface area contributed by atoms with Gasteiger partial charge in [-0.1, -0.05) is 12.1 Å². The Balaban J connectivity index is 1.40. The van der Waals surface area contributed by atoms with Gasteiger partial charge in [-0.3, -0.25) is 4.90 Å². The topological polar surface area (TPSA) is 61.6 Å². The molecule has 29 heavy (non-hydrogen) atoms. The third-order valence-corrected chi connectivity index (χ3v) is 6.92. The van der Waals surface area contributed by atoms with Crippen molar-refractivity contribution in [2.75, 3.05) is 26.2 Å². The average Bonchev–Trinajstić information content (AvgIpc) is 3.49. The zero-order chi connectivity index (χ0) is 20.1. The van der Waals surface area contributed by atoms with E-state index in [1.165, 1.54) is 9.75 Å². The van der Waals surface area contributed by atoms with E-state index >= 15 is 0 Å². The van der Waals surface area contributed by atoms with Gasteiger partial charge in [-0.05, 0) is 29.8 Å². The fraction of sp³-hybridized carbons (Fsp3) is 0.450. The summed E-state index contributed by atoms with van der Waals surface area (Å²) in [4.78, 5) is 12.5. The van der Waals surface area contributed by atoms with Crippen LogP contribution in [0.5, 0.6) is 0 Å². The van der Waals surface area contributed by atoms with E-state index in [2.05, 4.69) is 60.3 Å². The molecule has 1 fully saturated rings. The van der Waals surface area contributed by atoms with Crippen molar-refractivity contribution in [3.63, 3.8) is 0 Å². The van der Waals surface area contributed by atoms with Crippen molar-refractivity contribution in [2.24, 2.45) is 12.0 Å². The first-order valence-corrected chi connectivity index (χ1v) is 11.6. The van der Waals surface area contributed by atoms with Crippen LogP contribution >= 0.6 is 22.7 Å². The Morgan fingerprint density at radius 1 is 1.07 bits per heavy atom. The molecule has 0 spiro atoms. The number of nitrogens with zero attached hydrogens (tertiary/aromatic N) is 6. The van der Waals surface area contributed by atoms with Crippen LogP contribution in [-0.2, 0) is 26.7 Å². The maximum Gasteiger partial charge on any atom is 0.194 e. The zero-order valence-corrected chi connectivity index (χ0v) is 18.5. The highest BCUT2D eigenvalue weighted by molar-refractivity contribution is 7.10. The molecular formula is C20H27N7S2. The molecular weight excluding hydrogens is 402 g/mol. The van der Waals surface area contributed by atoms with E-state index in [-0.39, 0.29) is 0 Å². The van der Waals surface area contributed by atoms with Gasteiger partial charge < -0.3 is 14.8 Å². The molecule has 0 aromatic carbocycles. The van der Waals surface area contributed by atoms with Gasteiger partial charge in [0.1, 0.15) is 12.4 Å². The van der Waals surface area contributed by atoms with Crippen LogP contribution in [0.1, 0.15) is 21.4 Å². The van der Waals surface area contributed by atoms with Crippen LogP contribution in [0.4, 0.5) is 0 Å². The molecule has 9 heteroatoms. The van der Waals surface area contributed by atoms with Crippen LogP contribution < -0.4 is 5.32 Å². The summed E-state index contributed by atoms with van der Waals surface area (Å²) in [5, 5.41) is 16.2. The van der Waals surface area contributed by atoms with Gasteiger partial charge in [-0.25, -0.2) is 4.99 Å². The van der Waals surface area contributed by atoms with E-state index in [0.29, 0.717) is 6.54 Å². The lowest BCUT2D eigenvalue weighted by Crippen LogP contribution is -2.52. The van der Waals surface area contributed by atoms with Gasteiger partial charge in [0.2, 0.25) is 0 Å². The fourth-order valence-corrected chi connectivity index (χ4v) is 4.71. The molecule has 3 aromatic heterocycles. The number of thiophene rings is 2. The molecule has 1 aliphatic heterocycles. The van der Waals surface area contributed by atoms with Gasteiger partial charge in [-0.15, -0.1) is 32.9 Å². The summed E-state index contributed by atoms with van der Waals surface area (Å²) in [5.74, 6) is 2.74. The Hall–Kier alpha value is -2.23. The maximum atomic E-state index is 4.89. The van der Waals surface area contributed by atoms with Crippen LogP contribution in [0.15, 0.2) is 40.0 Å². The smallest absolute Gasteiger partial charge is 0.194 e. The largest absolute Gasteiger partial charge is 0.351 e. The first-order valence-electron chi connectivity index (χ1n) is 9.84. The number of aromatic nitrogens is 3. The molecule has 0 saturated carbocycles. The van der Waals surface area contributed by atoms with E-state index in [9.17, 15) is 0 Å². The van der Waals surface area contributed by atoms with Crippen molar-refractivity contribution in [1.82, 2.24) is 29.9 Å². The quantitative estimate of drug-likeness (QED) is 0.482.